The quantitative estimate of drug-likeness (QED) is 0.884. The summed E-state index contributed by atoms with van der Waals surface area (Å²) in [5, 5.41) is 3.44. The number of piperidine rings is 1. The third kappa shape index (κ3) is 2.49. The van der Waals surface area contributed by atoms with Gasteiger partial charge in [-0.3, -0.25) is 4.90 Å². The van der Waals surface area contributed by atoms with Crippen LogP contribution in [0.4, 0.5) is 0 Å². The molecule has 2 heterocycles. The lowest BCUT2D eigenvalue weighted by molar-refractivity contribution is 0.0803. The Labute approximate surface area is 115 Å². The normalized spacial score (nSPS) is 31.6. The van der Waals surface area contributed by atoms with E-state index in [0.717, 1.165) is 18.8 Å². The maximum atomic E-state index is 5.77. The second-order valence-electron chi connectivity index (χ2n) is 5.85. The van der Waals surface area contributed by atoms with Crippen LogP contribution in [0.1, 0.15) is 31.4 Å². The van der Waals surface area contributed by atoms with Crippen LogP contribution in [-0.2, 0) is 0 Å². The molecule has 3 nitrogen and oxygen atoms in total. The van der Waals surface area contributed by atoms with Crippen LogP contribution in [0.25, 0.3) is 0 Å². The number of rotatable bonds is 2. The predicted molar refractivity (Wildman–Crippen MR) is 77.5 cm³/mol. The molecule has 2 aliphatic heterocycles. The van der Waals surface area contributed by atoms with E-state index in [2.05, 4.69) is 48.5 Å². The first kappa shape index (κ1) is 12.9. The fraction of sp³-hybridized carbons (Fsp3) is 0.625. The Kier molecular flexibility index (Phi) is 3.76. The predicted octanol–water partition coefficient (Wildman–Crippen LogP) is 2.44. The molecule has 1 aromatic carbocycles. The molecule has 0 bridgehead atoms. The molecular weight excluding hydrogens is 236 g/mol. The number of nitrogens with zero attached hydrogens (tertiary/aromatic N) is 1. The van der Waals surface area contributed by atoms with E-state index in [1.54, 1.807) is 0 Å². The Morgan fingerprint density at radius 3 is 2.89 bits per heavy atom. The highest BCUT2D eigenvalue weighted by atomic mass is 16.5. The Bertz CT molecular complexity index is 435. The summed E-state index contributed by atoms with van der Waals surface area (Å²) >= 11 is 0. The van der Waals surface area contributed by atoms with Crippen molar-refractivity contribution in [3.05, 3.63) is 29.8 Å². The number of fused-ring (bicyclic) bond motifs is 1. The van der Waals surface area contributed by atoms with Crippen molar-refractivity contribution in [3.8, 4) is 5.75 Å². The summed E-state index contributed by atoms with van der Waals surface area (Å²) in [7, 11) is 2.08. The SMILES string of the molecule is CNC1CCN(C2CCOc3ccccc32)CC1C. The summed E-state index contributed by atoms with van der Waals surface area (Å²) in [6.45, 7) is 5.58. The first-order valence-corrected chi connectivity index (χ1v) is 7.42. The molecule has 2 aliphatic rings. The number of ether oxygens (including phenoxy) is 1. The Morgan fingerprint density at radius 1 is 1.26 bits per heavy atom. The number of para-hydroxylation sites is 1. The van der Waals surface area contributed by atoms with Gasteiger partial charge < -0.3 is 10.1 Å². The number of nitrogens with one attached hydrogen (secondary N) is 1. The fourth-order valence-electron chi connectivity index (χ4n) is 3.59. The molecule has 104 valence electrons. The molecule has 0 amide bonds. The van der Waals surface area contributed by atoms with Crippen molar-refractivity contribution in [3.63, 3.8) is 0 Å². The Balaban J connectivity index is 1.77. The highest BCUT2D eigenvalue weighted by Crippen LogP contribution is 2.37. The zero-order valence-corrected chi connectivity index (χ0v) is 11.9. The minimum absolute atomic E-state index is 0.546. The van der Waals surface area contributed by atoms with E-state index in [0.29, 0.717) is 18.0 Å². The molecular formula is C16H24N2O. The van der Waals surface area contributed by atoms with Crippen molar-refractivity contribution in [2.24, 2.45) is 5.92 Å². The average molecular weight is 260 g/mol. The van der Waals surface area contributed by atoms with Gasteiger partial charge in [0.1, 0.15) is 5.75 Å². The van der Waals surface area contributed by atoms with Gasteiger partial charge in [0.05, 0.1) is 6.61 Å². The van der Waals surface area contributed by atoms with Crippen LogP contribution < -0.4 is 10.1 Å². The number of hydrogen-bond donors (Lipinski definition) is 1. The van der Waals surface area contributed by atoms with Crippen molar-refractivity contribution in [1.82, 2.24) is 10.2 Å². The topological polar surface area (TPSA) is 24.5 Å². The molecule has 19 heavy (non-hydrogen) atoms. The summed E-state index contributed by atoms with van der Waals surface area (Å²) in [6, 6.07) is 9.75. The molecule has 0 aliphatic carbocycles. The van der Waals surface area contributed by atoms with Crippen LogP contribution in [0, 0.1) is 5.92 Å². The van der Waals surface area contributed by atoms with E-state index in [1.165, 1.54) is 25.1 Å². The van der Waals surface area contributed by atoms with Gasteiger partial charge in [-0.25, -0.2) is 0 Å². The van der Waals surface area contributed by atoms with Gasteiger partial charge in [-0.15, -0.1) is 0 Å². The van der Waals surface area contributed by atoms with E-state index in [-0.39, 0.29) is 0 Å². The van der Waals surface area contributed by atoms with E-state index < -0.39 is 0 Å². The Hall–Kier alpha value is -1.06. The molecule has 0 spiro atoms. The van der Waals surface area contributed by atoms with Crippen molar-refractivity contribution < 1.29 is 4.74 Å². The smallest absolute Gasteiger partial charge is 0.124 e. The van der Waals surface area contributed by atoms with E-state index >= 15 is 0 Å². The molecule has 3 atom stereocenters. The second kappa shape index (κ2) is 5.51. The van der Waals surface area contributed by atoms with Crippen LogP contribution in [0.2, 0.25) is 0 Å². The van der Waals surface area contributed by atoms with E-state index in [1.807, 2.05) is 0 Å². The first-order valence-electron chi connectivity index (χ1n) is 7.42. The largest absolute Gasteiger partial charge is 0.493 e. The molecule has 3 heteroatoms. The van der Waals surface area contributed by atoms with Gasteiger partial charge in [0, 0.05) is 37.2 Å². The maximum absolute atomic E-state index is 5.77. The molecule has 1 fully saturated rings. The molecule has 1 N–H and O–H groups in total. The summed E-state index contributed by atoms with van der Waals surface area (Å²) in [4.78, 5) is 2.65. The zero-order chi connectivity index (χ0) is 13.2. The van der Waals surface area contributed by atoms with Crippen LogP contribution in [0.5, 0.6) is 5.75 Å². The van der Waals surface area contributed by atoms with E-state index in [4.69, 9.17) is 4.74 Å². The van der Waals surface area contributed by atoms with Crippen LogP contribution in [-0.4, -0.2) is 37.7 Å². The van der Waals surface area contributed by atoms with Gasteiger partial charge in [-0.1, -0.05) is 25.1 Å². The Morgan fingerprint density at radius 2 is 2.11 bits per heavy atom. The minimum Gasteiger partial charge on any atom is -0.493 e. The third-order valence-electron chi connectivity index (χ3n) is 4.68. The van der Waals surface area contributed by atoms with Gasteiger partial charge in [-0.2, -0.15) is 0 Å². The lowest BCUT2D eigenvalue weighted by Gasteiger charge is -2.42. The highest BCUT2D eigenvalue weighted by Gasteiger charge is 2.32. The van der Waals surface area contributed by atoms with Gasteiger partial charge >= 0.3 is 0 Å². The first-order chi connectivity index (χ1) is 9.29. The van der Waals surface area contributed by atoms with Crippen LogP contribution >= 0.6 is 0 Å². The summed E-state index contributed by atoms with van der Waals surface area (Å²) in [6.07, 6.45) is 2.37. The second-order valence-corrected chi connectivity index (χ2v) is 5.85. The number of hydrogen-bond acceptors (Lipinski definition) is 3. The monoisotopic (exact) mass is 260 g/mol. The fourth-order valence-corrected chi connectivity index (χ4v) is 3.59. The lowest BCUT2D eigenvalue weighted by Crippen LogP contribution is -2.48. The molecule has 0 saturated carbocycles. The van der Waals surface area contributed by atoms with Crippen molar-refractivity contribution >= 4 is 0 Å². The maximum Gasteiger partial charge on any atom is 0.124 e. The van der Waals surface area contributed by atoms with Gasteiger partial charge in [0.25, 0.3) is 0 Å². The highest BCUT2D eigenvalue weighted by molar-refractivity contribution is 5.37. The standard InChI is InChI=1S/C16H24N2O/c1-12-11-18(9-7-14(12)17-2)15-8-10-19-16-6-4-3-5-13(15)16/h3-6,12,14-15,17H,7-11H2,1-2H3. The summed E-state index contributed by atoms with van der Waals surface area (Å²) in [5.41, 5.74) is 1.38. The van der Waals surface area contributed by atoms with E-state index in [9.17, 15) is 0 Å². The minimum atomic E-state index is 0.546. The third-order valence-corrected chi connectivity index (χ3v) is 4.68. The number of benzene rings is 1. The zero-order valence-electron chi connectivity index (χ0n) is 11.9. The van der Waals surface area contributed by atoms with Gasteiger partial charge in [-0.05, 0) is 25.5 Å². The summed E-state index contributed by atoms with van der Waals surface area (Å²) in [5.74, 6) is 1.80. The average Bonchev–Trinajstić information content (AvgIpc) is 2.46. The molecule has 3 rings (SSSR count). The van der Waals surface area contributed by atoms with Crippen molar-refractivity contribution in [2.45, 2.75) is 31.8 Å². The molecule has 1 aromatic rings. The molecule has 0 aromatic heterocycles. The van der Waals surface area contributed by atoms with Crippen LogP contribution in [0.3, 0.4) is 0 Å². The summed E-state index contributed by atoms with van der Waals surface area (Å²) < 4.78 is 5.77. The number of likely N-dealkylation sites (tertiary alicyclic amines) is 1. The van der Waals surface area contributed by atoms with Crippen molar-refractivity contribution in [2.75, 3.05) is 26.7 Å². The molecule has 0 radical (unpaired) electrons. The molecule has 1 saturated heterocycles. The lowest BCUT2D eigenvalue weighted by atomic mass is 9.90. The molecule has 3 unspecified atom stereocenters. The van der Waals surface area contributed by atoms with Crippen LogP contribution in [0.15, 0.2) is 24.3 Å². The van der Waals surface area contributed by atoms with Gasteiger partial charge in [0.15, 0.2) is 0 Å². The van der Waals surface area contributed by atoms with Gasteiger partial charge in [0.2, 0.25) is 0 Å². The van der Waals surface area contributed by atoms with Crippen molar-refractivity contribution in [1.29, 1.82) is 0 Å².